The molecule has 29 heavy (non-hydrogen) atoms. The fraction of sp³-hybridized carbons (Fsp3) is 0.200. The number of fused-ring (bicyclic) bond motifs is 1. The number of methoxy groups -OCH3 is 1. The van der Waals surface area contributed by atoms with Gasteiger partial charge in [-0.05, 0) is 30.3 Å². The molecule has 0 spiro atoms. The first-order valence-corrected chi connectivity index (χ1v) is 9.65. The van der Waals surface area contributed by atoms with E-state index in [9.17, 15) is 19.2 Å². The molecule has 0 radical (unpaired) electrons. The van der Waals surface area contributed by atoms with E-state index in [1.54, 1.807) is 18.2 Å². The topological polar surface area (TPSA) is 114 Å². The highest BCUT2D eigenvalue weighted by Gasteiger charge is 2.28. The predicted molar refractivity (Wildman–Crippen MR) is 109 cm³/mol. The van der Waals surface area contributed by atoms with Gasteiger partial charge in [0.25, 0.3) is 5.91 Å². The molecule has 0 aliphatic carbocycles. The Bertz CT molecular complexity index is 963. The van der Waals surface area contributed by atoms with Gasteiger partial charge in [0.15, 0.2) is 0 Å². The third kappa shape index (κ3) is 5.35. The van der Waals surface area contributed by atoms with Crippen LogP contribution in [-0.4, -0.2) is 42.6 Å². The predicted octanol–water partition coefficient (Wildman–Crippen LogP) is 2.03. The zero-order valence-electron chi connectivity index (χ0n) is 15.6. The third-order valence-corrected chi connectivity index (χ3v) is 5.38. The molecule has 0 saturated carbocycles. The number of carbonyl (C=O) groups is 4. The molecule has 1 atom stereocenters. The van der Waals surface area contributed by atoms with Crippen LogP contribution < -0.4 is 16.0 Å². The number of amides is 3. The van der Waals surface area contributed by atoms with Gasteiger partial charge in [-0.15, -0.1) is 11.8 Å². The van der Waals surface area contributed by atoms with Crippen LogP contribution >= 0.6 is 11.8 Å². The summed E-state index contributed by atoms with van der Waals surface area (Å²) >= 11 is 1.34. The Morgan fingerprint density at radius 3 is 2.72 bits per heavy atom. The number of ether oxygens (including phenoxy) is 1. The van der Waals surface area contributed by atoms with Gasteiger partial charge in [0, 0.05) is 22.6 Å². The molecule has 1 aliphatic heterocycles. The second kappa shape index (κ2) is 9.24. The first-order valence-electron chi connectivity index (χ1n) is 8.77. The molecular formula is C20H19N3O5S. The van der Waals surface area contributed by atoms with Crippen molar-refractivity contribution in [3.63, 3.8) is 0 Å². The molecule has 0 bridgehead atoms. The van der Waals surface area contributed by atoms with E-state index in [1.165, 1.54) is 24.9 Å². The van der Waals surface area contributed by atoms with Gasteiger partial charge in [0.1, 0.15) is 6.54 Å². The largest absolute Gasteiger partial charge is 0.468 e. The number of thioether (sulfide) groups is 1. The van der Waals surface area contributed by atoms with E-state index in [4.69, 9.17) is 0 Å². The number of benzene rings is 2. The lowest BCUT2D eigenvalue weighted by molar-refractivity contribution is -0.139. The summed E-state index contributed by atoms with van der Waals surface area (Å²) in [5.74, 6) is -1.60. The summed E-state index contributed by atoms with van der Waals surface area (Å²) in [7, 11) is 1.23. The lowest BCUT2D eigenvalue weighted by Crippen LogP contribution is -2.32. The van der Waals surface area contributed by atoms with Gasteiger partial charge in [-0.2, -0.15) is 0 Å². The fourth-order valence-corrected chi connectivity index (χ4v) is 3.78. The number of esters is 1. The molecule has 3 amide bonds. The van der Waals surface area contributed by atoms with Crippen molar-refractivity contribution in [2.24, 2.45) is 0 Å². The molecule has 1 heterocycles. The zero-order chi connectivity index (χ0) is 20.8. The smallest absolute Gasteiger partial charge is 0.325 e. The highest BCUT2D eigenvalue weighted by Crippen LogP contribution is 2.36. The number of carbonyl (C=O) groups excluding carboxylic acids is 4. The van der Waals surface area contributed by atoms with Crippen molar-refractivity contribution in [1.82, 2.24) is 5.32 Å². The molecule has 9 heteroatoms. The van der Waals surface area contributed by atoms with Crippen LogP contribution in [0.25, 0.3) is 0 Å². The summed E-state index contributed by atoms with van der Waals surface area (Å²) < 4.78 is 4.47. The quantitative estimate of drug-likeness (QED) is 0.625. The van der Waals surface area contributed by atoms with Crippen molar-refractivity contribution in [3.05, 3.63) is 54.1 Å². The summed E-state index contributed by atoms with van der Waals surface area (Å²) in [6.45, 7) is -0.249. The first-order chi connectivity index (χ1) is 14.0. The zero-order valence-corrected chi connectivity index (χ0v) is 16.4. The van der Waals surface area contributed by atoms with Crippen molar-refractivity contribution >= 4 is 46.8 Å². The maximum absolute atomic E-state index is 12.4. The molecule has 0 saturated heterocycles. The minimum Gasteiger partial charge on any atom is -0.468 e. The van der Waals surface area contributed by atoms with Gasteiger partial charge < -0.3 is 20.7 Å². The molecule has 2 aromatic carbocycles. The number of para-hydroxylation sites is 1. The Morgan fingerprint density at radius 1 is 1.14 bits per heavy atom. The van der Waals surface area contributed by atoms with Gasteiger partial charge in [0.05, 0.1) is 18.0 Å². The van der Waals surface area contributed by atoms with E-state index in [0.29, 0.717) is 5.69 Å². The minimum atomic E-state index is -0.562. The van der Waals surface area contributed by atoms with Gasteiger partial charge in [0.2, 0.25) is 11.8 Å². The molecule has 0 aromatic heterocycles. The van der Waals surface area contributed by atoms with Gasteiger partial charge in [-0.1, -0.05) is 18.2 Å². The molecule has 3 rings (SSSR count). The number of nitrogens with one attached hydrogen (secondary N) is 3. The number of anilines is 2. The maximum Gasteiger partial charge on any atom is 0.325 e. The van der Waals surface area contributed by atoms with Crippen LogP contribution in [0, 0.1) is 0 Å². The average Bonchev–Trinajstić information content (AvgIpc) is 2.72. The molecule has 1 aliphatic rings. The minimum absolute atomic E-state index is 0.0103. The molecule has 3 N–H and O–H groups in total. The van der Waals surface area contributed by atoms with E-state index in [2.05, 4.69) is 20.7 Å². The van der Waals surface area contributed by atoms with Crippen LogP contribution in [0.4, 0.5) is 11.4 Å². The van der Waals surface area contributed by atoms with Crippen molar-refractivity contribution in [3.8, 4) is 0 Å². The lowest BCUT2D eigenvalue weighted by atomic mass is 10.1. The second-order valence-corrected chi connectivity index (χ2v) is 7.43. The summed E-state index contributed by atoms with van der Waals surface area (Å²) in [6, 6.07) is 13.7. The summed E-state index contributed by atoms with van der Waals surface area (Å²) in [5, 5.41) is 7.39. The van der Waals surface area contributed by atoms with E-state index < -0.39 is 17.1 Å². The highest BCUT2D eigenvalue weighted by atomic mass is 32.2. The van der Waals surface area contributed by atoms with Crippen LogP contribution in [0.5, 0.6) is 0 Å². The Balaban J connectivity index is 1.59. The van der Waals surface area contributed by atoms with Crippen LogP contribution in [0.3, 0.4) is 0 Å². The Kier molecular flexibility index (Phi) is 6.50. The fourth-order valence-electron chi connectivity index (χ4n) is 2.67. The van der Waals surface area contributed by atoms with Crippen LogP contribution in [0.1, 0.15) is 16.8 Å². The van der Waals surface area contributed by atoms with Crippen molar-refractivity contribution in [1.29, 1.82) is 0 Å². The first kappa shape index (κ1) is 20.4. The maximum atomic E-state index is 12.4. The monoisotopic (exact) mass is 413 g/mol. The van der Waals surface area contributed by atoms with E-state index in [-0.39, 0.29) is 30.3 Å². The molecule has 8 nitrogen and oxygen atoms in total. The van der Waals surface area contributed by atoms with E-state index in [0.717, 1.165) is 10.6 Å². The number of rotatable bonds is 6. The van der Waals surface area contributed by atoms with Crippen molar-refractivity contribution in [2.75, 3.05) is 24.3 Å². The average molecular weight is 413 g/mol. The SMILES string of the molecule is COC(=O)CNC(=O)c1cccc(NC(=O)CC2Sc3ccccc3NC2=O)c1. The second-order valence-electron chi connectivity index (χ2n) is 6.18. The lowest BCUT2D eigenvalue weighted by Gasteiger charge is -2.23. The van der Waals surface area contributed by atoms with Crippen LogP contribution in [0.2, 0.25) is 0 Å². The summed E-state index contributed by atoms with van der Waals surface area (Å²) in [5.41, 5.74) is 1.44. The van der Waals surface area contributed by atoms with Gasteiger partial charge in [-0.25, -0.2) is 0 Å². The normalized spacial score (nSPS) is 14.9. The van der Waals surface area contributed by atoms with Crippen LogP contribution in [0.15, 0.2) is 53.4 Å². The number of hydrogen-bond donors (Lipinski definition) is 3. The standard InChI is InChI=1S/C20H19N3O5S/c1-28-18(25)11-21-19(26)12-5-4-6-13(9-12)22-17(24)10-16-20(27)23-14-7-2-3-8-15(14)29-16/h2-9,16H,10-11H2,1H3,(H,21,26)(H,22,24)(H,23,27). The van der Waals surface area contributed by atoms with Crippen LogP contribution in [-0.2, 0) is 19.1 Å². The highest BCUT2D eigenvalue weighted by molar-refractivity contribution is 8.01. The molecule has 1 unspecified atom stereocenters. The Labute approximate surface area is 171 Å². The molecular weight excluding hydrogens is 394 g/mol. The summed E-state index contributed by atoms with van der Waals surface area (Å²) in [4.78, 5) is 48.8. The van der Waals surface area contributed by atoms with Gasteiger partial charge >= 0.3 is 5.97 Å². The van der Waals surface area contributed by atoms with Gasteiger partial charge in [-0.3, -0.25) is 19.2 Å². The molecule has 0 fully saturated rings. The summed E-state index contributed by atoms with van der Waals surface area (Å²) in [6.07, 6.45) is -0.0103. The van der Waals surface area contributed by atoms with E-state index >= 15 is 0 Å². The number of hydrogen-bond acceptors (Lipinski definition) is 6. The van der Waals surface area contributed by atoms with Crippen molar-refractivity contribution < 1.29 is 23.9 Å². The Morgan fingerprint density at radius 2 is 1.93 bits per heavy atom. The van der Waals surface area contributed by atoms with E-state index in [1.807, 2.05) is 24.3 Å². The Hall–Kier alpha value is -3.33. The molecule has 150 valence electrons. The molecule has 2 aromatic rings. The third-order valence-electron chi connectivity index (χ3n) is 4.11. The van der Waals surface area contributed by atoms with Crippen molar-refractivity contribution in [2.45, 2.75) is 16.6 Å².